The summed E-state index contributed by atoms with van der Waals surface area (Å²) in [6, 6.07) is 15.9. The van der Waals surface area contributed by atoms with E-state index in [1.54, 1.807) is 6.20 Å². The van der Waals surface area contributed by atoms with Crippen LogP contribution in [0.4, 0.5) is 0 Å². The molecule has 0 spiro atoms. The maximum Gasteiger partial charge on any atom is 0.226 e. The van der Waals surface area contributed by atoms with E-state index in [-0.39, 0.29) is 0 Å². The summed E-state index contributed by atoms with van der Waals surface area (Å²) in [5.74, 6) is 1.98. The van der Waals surface area contributed by atoms with Crippen LogP contribution in [0.25, 0.3) is 11.5 Å². The van der Waals surface area contributed by atoms with Crippen LogP contribution in [0.15, 0.2) is 53.1 Å². The first-order chi connectivity index (χ1) is 14.2. The first kappa shape index (κ1) is 19.2. The molecule has 2 aromatic heterocycles. The third-order valence-corrected chi connectivity index (χ3v) is 5.10. The molecular formula is C23H23N3O3. The van der Waals surface area contributed by atoms with E-state index in [0.717, 1.165) is 35.4 Å². The van der Waals surface area contributed by atoms with E-state index in [0.29, 0.717) is 37.8 Å². The Kier molecular flexibility index (Phi) is 5.59. The summed E-state index contributed by atoms with van der Waals surface area (Å²) in [5, 5.41) is 9.42. The van der Waals surface area contributed by atoms with Gasteiger partial charge in [-0.1, -0.05) is 24.3 Å². The van der Waals surface area contributed by atoms with Crippen LogP contribution in [-0.4, -0.2) is 28.8 Å². The average molecular weight is 389 g/mol. The van der Waals surface area contributed by atoms with Gasteiger partial charge in [0, 0.05) is 37.3 Å². The fourth-order valence-electron chi connectivity index (χ4n) is 3.51. The predicted molar refractivity (Wildman–Crippen MR) is 107 cm³/mol. The SMILES string of the molecule is Cc1oc(-c2ccccc2)nc1CCOc1ccc(CC2(C#N)CCCO2)cn1. The Balaban J connectivity index is 1.32. The topological polar surface area (TPSA) is 81.2 Å². The highest BCUT2D eigenvalue weighted by atomic mass is 16.5. The Hall–Kier alpha value is -3.17. The van der Waals surface area contributed by atoms with E-state index in [4.69, 9.17) is 13.9 Å². The second-order valence-corrected chi connectivity index (χ2v) is 7.23. The van der Waals surface area contributed by atoms with E-state index < -0.39 is 5.60 Å². The second-order valence-electron chi connectivity index (χ2n) is 7.23. The van der Waals surface area contributed by atoms with Gasteiger partial charge >= 0.3 is 0 Å². The number of aromatic nitrogens is 2. The summed E-state index contributed by atoms with van der Waals surface area (Å²) in [4.78, 5) is 8.95. The third kappa shape index (κ3) is 4.47. The van der Waals surface area contributed by atoms with Crippen molar-refractivity contribution in [2.75, 3.05) is 13.2 Å². The maximum atomic E-state index is 9.42. The van der Waals surface area contributed by atoms with Crippen LogP contribution < -0.4 is 4.74 Å². The summed E-state index contributed by atoms with van der Waals surface area (Å²) in [7, 11) is 0. The van der Waals surface area contributed by atoms with E-state index in [9.17, 15) is 5.26 Å². The number of ether oxygens (including phenoxy) is 2. The Morgan fingerprint density at radius 1 is 1.21 bits per heavy atom. The molecule has 1 aromatic carbocycles. The Morgan fingerprint density at radius 3 is 2.76 bits per heavy atom. The molecule has 1 fully saturated rings. The zero-order valence-corrected chi connectivity index (χ0v) is 16.4. The van der Waals surface area contributed by atoms with Crippen molar-refractivity contribution in [3.8, 4) is 23.4 Å². The number of hydrogen-bond acceptors (Lipinski definition) is 6. The standard InChI is InChI=1S/C23H23N3O3/c1-17-20(26-22(29-17)19-6-3-2-4-7-19)10-13-27-21-9-8-18(15-25-21)14-23(16-24)11-5-12-28-23/h2-4,6-9,15H,5,10-14H2,1H3. The fourth-order valence-corrected chi connectivity index (χ4v) is 3.51. The van der Waals surface area contributed by atoms with Crippen molar-refractivity contribution in [3.63, 3.8) is 0 Å². The number of benzene rings is 1. The van der Waals surface area contributed by atoms with Crippen LogP contribution in [-0.2, 0) is 17.6 Å². The molecule has 6 nitrogen and oxygen atoms in total. The molecular weight excluding hydrogens is 366 g/mol. The minimum atomic E-state index is -0.703. The highest BCUT2D eigenvalue weighted by Crippen LogP contribution is 2.29. The van der Waals surface area contributed by atoms with Crippen LogP contribution in [0.5, 0.6) is 5.88 Å². The van der Waals surface area contributed by atoms with Gasteiger partial charge in [0.25, 0.3) is 0 Å². The van der Waals surface area contributed by atoms with E-state index in [1.165, 1.54) is 0 Å². The highest BCUT2D eigenvalue weighted by Gasteiger charge is 2.35. The molecule has 0 aliphatic carbocycles. The van der Waals surface area contributed by atoms with Crippen molar-refractivity contribution >= 4 is 0 Å². The average Bonchev–Trinajstić information content (AvgIpc) is 3.37. The lowest BCUT2D eigenvalue weighted by Gasteiger charge is -2.19. The predicted octanol–water partition coefficient (Wildman–Crippen LogP) is 4.28. The van der Waals surface area contributed by atoms with E-state index >= 15 is 0 Å². The molecule has 1 aliphatic rings. The molecule has 1 saturated heterocycles. The largest absolute Gasteiger partial charge is 0.477 e. The zero-order chi connectivity index (χ0) is 20.1. The van der Waals surface area contributed by atoms with E-state index in [2.05, 4.69) is 16.0 Å². The molecule has 0 N–H and O–H groups in total. The van der Waals surface area contributed by atoms with Gasteiger partial charge in [-0.05, 0) is 37.5 Å². The summed E-state index contributed by atoms with van der Waals surface area (Å²) < 4.78 is 17.2. The molecule has 3 aromatic rings. The van der Waals surface area contributed by atoms with Crippen molar-refractivity contribution in [3.05, 3.63) is 65.7 Å². The summed E-state index contributed by atoms with van der Waals surface area (Å²) >= 11 is 0. The highest BCUT2D eigenvalue weighted by molar-refractivity contribution is 5.53. The summed E-state index contributed by atoms with van der Waals surface area (Å²) in [6.45, 7) is 3.02. The van der Waals surface area contributed by atoms with Crippen LogP contribution in [0.2, 0.25) is 0 Å². The Morgan fingerprint density at radius 2 is 2.07 bits per heavy atom. The normalized spacial score (nSPS) is 18.5. The van der Waals surface area contributed by atoms with Crippen LogP contribution in [0.3, 0.4) is 0 Å². The fraction of sp³-hybridized carbons (Fsp3) is 0.348. The first-order valence-electron chi connectivity index (χ1n) is 9.82. The number of rotatable bonds is 7. The quantitative estimate of drug-likeness (QED) is 0.600. The van der Waals surface area contributed by atoms with Crippen LogP contribution in [0.1, 0.15) is 29.9 Å². The summed E-state index contributed by atoms with van der Waals surface area (Å²) in [5.41, 5.74) is 2.11. The number of nitriles is 1. The van der Waals surface area contributed by atoms with Gasteiger partial charge in [-0.2, -0.15) is 5.26 Å². The smallest absolute Gasteiger partial charge is 0.226 e. The van der Waals surface area contributed by atoms with Crippen molar-refractivity contribution in [2.24, 2.45) is 0 Å². The first-order valence-corrected chi connectivity index (χ1v) is 9.82. The minimum absolute atomic E-state index is 0.458. The van der Waals surface area contributed by atoms with Gasteiger partial charge in [-0.3, -0.25) is 0 Å². The number of aryl methyl sites for hydroxylation is 1. The third-order valence-electron chi connectivity index (χ3n) is 5.10. The number of nitrogens with zero attached hydrogens (tertiary/aromatic N) is 3. The number of pyridine rings is 1. The molecule has 0 bridgehead atoms. The minimum Gasteiger partial charge on any atom is -0.477 e. The molecule has 1 unspecified atom stereocenters. The lowest BCUT2D eigenvalue weighted by Crippen LogP contribution is -2.28. The van der Waals surface area contributed by atoms with E-state index in [1.807, 2.05) is 49.4 Å². The Bertz CT molecular complexity index is 984. The molecule has 1 atom stereocenters. The molecule has 6 heteroatoms. The van der Waals surface area contributed by atoms with Gasteiger partial charge in [-0.25, -0.2) is 9.97 Å². The van der Waals surface area contributed by atoms with Crippen molar-refractivity contribution < 1.29 is 13.9 Å². The van der Waals surface area contributed by atoms with Crippen LogP contribution in [0, 0.1) is 18.3 Å². The summed E-state index contributed by atoms with van der Waals surface area (Å²) in [6.07, 6.45) is 4.64. The molecule has 3 heterocycles. The van der Waals surface area contributed by atoms with Gasteiger partial charge in [0.05, 0.1) is 18.4 Å². The monoisotopic (exact) mass is 389 g/mol. The van der Waals surface area contributed by atoms with Gasteiger partial charge in [-0.15, -0.1) is 0 Å². The lowest BCUT2D eigenvalue weighted by molar-refractivity contribution is 0.0521. The molecule has 4 rings (SSSR count). The molecule has 148 valence electrons. The van der Waals surface area contributed by atoms with Crippen molar-refractivity contribution in [2.45, 2.75) is 38.2 Å². The molecule has 0 radical (unpaired) electrons. The van der Waals surface area contributed by atoms with Gasteiger partial charge in [0.15, 0.2) is 5.60 Å². The van der Waals surface area contributed by atoms with Crippen molar-refractivity contribution in [1.82, 2.24) is 9.97 Å². The van der Waals surface area contributed by atoms with Crippen LogP contribution >= 0.6 is 0 Å². The van der Waals surface area contributed by atoms with Crippen molar-refractivity contribution in [1.29, 1.82) is 5.26 Å². The molecule has 1 aliphatic heterocycles. The zero-order valence-electron chi connectivity index (χ0n) is 16.4. The lowest BCUT2D eigenvalue weighted by atomic mass is 9.94. The molecule has 29 heavy (non-hydrogen) atoms. The second kappa shape index (κ2) is 8.46. The number of oxazole rings is 1. The van der Waals surface area contributed by atoms with Gasteiger partial charge < -0.3 is 13.9 Å². The molecule has 0 saturated carbocycles. The Labute approximate surface area is 170 Å². The maximum absolute atomic E-state index is 9.42. The van der Waals surface area contributed by atoms with Gasteiger partial charge in [0.1, 0.15) is 5.76 Å². The molecule has 0 amide bonds. The number of hydrogen-bond donors (Lipinski definition) is 0. The van der Waals surface area contributed by atoms with Gasteiger partial charge in [0.2, 0.25) is 11.8 Å².